The third-order valence-electron chi connectivity index (χ3n) is 4.17. The number of para-hydroxylation sites is 1. The molecule has 0 unspecified atom stereocenters. The average molecular weight is 388 g/mol. The Hall–Kier alpha value is -2.67. The Balaban J connectivity index is 2.19. The summed E-state index contributed by atoms with van der Waals surface area (Å²) in [6.07, 6.45) is 1.83. The van der Waals surface area contributed by atoms with Gasteiger partial charge in [-0.3, -0.25) is 9.36 Å². The van der Waals surface area contributed by atoms with Crippen LogP contribution in [-0.4, -0.2) is 45.7 Å². The van der Waals surface area contributed by atoms with Crippen LogP contribution in [0.2, 0.25) is 0 Å². The predicted octanol–water partition coefficient (Wildman–Crippen LogP) is 2.81. The number of Topliss-reactive ketones (excluding diaryl/α,β-unsaturated/α-hetero) is 1. The summed E-state index contributed by atoms with van der Waals surface area (Å²) < 4.78 is 6.85. The number of fused-ring (bicyclic) bond motifs is 1. The highest BCUT2D eigenvalue weighted by Gasteiger charge is 2.22. The van der Waals surface area contributed by atoms with Crippen molar-refractivity contribution in [2.45, 2.75) is 58.6 Å². The van der Waals surface area contributed by atoms with E-state index in [1.165, 1.54) is 11.5 Å². The summed E-state index contributed by atoms with van der Waals surface area (Å²) in [7, 11) is 0. The van der Waals surface area contributed by atoms with Gasteiger partial charge in [0.15, 0.2) is 0 Å². The number of nitrogens with zero attached hydrogens (tertiary/aromatic N) is 1. The molecule has 1 aromatic carbocycles. The van der Waals surface area contributed by atoms with Crippen molar-refractivity contribution < 1.29 is 24.2 Å². The van der Waals surface area contributed by atoms with Crippen LogP contribution in [-0.2, 0) is 20.7 Å². The zero-order valence-electron chi connectivity index (χ0n) is 16.8. The van der Waals surface area contributed by atoms with Gasteiger partial charge in [-0.25, -0.2) is 4.79 Å². The minimum atomic E-state index is -0.634. The van der Waals surface area contributed by atoms with Gasteiger partial charge in [-0.15, -0.1) is 0 Å². The molecule has 0 saturated heterocycles. The van der Waals surface area contributed by atoms with Crippen LogP contribution in [0.3, 0.4) is 0 Å². The number of amides is 1. The fraction of sp³-hybridized carbons (Fsp3) is 0.476. The maximum absolute atomic E-state index is 12.5. The third kappa shape index (κ3) is 5.92. The summed E-state index contributed by atoms with van der Waals surface area (Å²) in [6.45, 7) is 6.61. The highest BCUT2D eigenvalue weighted by molar-refractivity contribution is 5.94. The van der Waals surface area contributed by atoms with Crippen molar-refractivity contribution in [2.75, 3.05) is 6.61 Å². The van der Waals surface area contributed by atoms with Gasteiger partial charge in [-0.05, 0) is 45.7 Å². The Morgan fingerprint density at radius 2 is 1.89 bits per heavy atom. The van der Waals surface area contributed by atoms with Crippen LogP contribution in [0.15, 0.2) is 30.5 Å². The molecule has 0 aliphatic carbocycles. The summed E-state index contributed by atoms with van der Waals surface area (Å²) >= 11 is 0. The minimum Gasteiger partial charge on any atom is -0.443 e. The molecular weight excluding hydrogens is 360 g/mol. The molecule has 1 heterocycles. The second kappa shape index (κ2) is 9.01. The predicted molar refractivity (Wildman–Crippen MR) is 106 cm³/mol. The maximum Gasteiger partial charge on any atom is 0.419 e. The zero-order valence-corrected chi connectivity index (χ0v) is 16.8. The van der Waals surface area contributed by atoms with Crippen LogP contribution in [0, 0.1) is 0 Å². The van der Waals surface area contributed by atoms with Crippen molar-refractivity contribution >= 4 is 28.7 Å². The first-order valence-corrected chi connectivity index (χ1v) is 9.32. The lowest BCUT2D eigenvalue weighted by Gasteiger charge is -2.19. The van der Waals surface area contributed by atoms with Crippen LogP contribution >= 0.6 is 0 Å². The fourth-order valence-corrected chi connectivity index (χ4v) is 2.89. The Bertz CT molecular complexity index is 863. The number of hydrogen-bond donors (Lipinski definition) is 2. The first-order chi connectivity index (χ1) is 13.1. The lowest BCUT2D eigenvalue weighted by Crippen LogP contribution is -2.38. The van der Waals surface area contributed by atoms with Crippen molar-refractivity contribution in [1.82, 2.24) is 9.88 Å². The molecule has 2 aromatic rings. The smallest absolute Gasteiger partial charge is 0.419 e. The number of ether oxygens (including phenoxy) is 1. The van der Waals surface area contributed by atoms with Gasteiger partial charge >= 0.3 is 6.09 Å². The summed E-state index contributed by atoms with van der Waals surface area (Å²) in [5, 5.41) is 12.9. The third-order valence-corrected chi connectivity index (χ3v) is 4.17. The summed E-state index contributed by atoms with van der Waals surface area (Å²) in [6, 6.07) is 6.82. The van der Waals surface area contributed by atoms with E-state index in [9.17, 15) is 19.5 Å². The lowest BCUT2D eigenvalue weighted by molar-refractivity contribution is -0.122. The second-order valence-corrected chi connectivity index (χ2v) is 7.89. The number of hydrogen-bond acceptors (Lipinski definition) is 5. The number of benzene rings is 1. The van der Waals surface area contributed by atoms with E-state index in [1.54, 1.807) is 33.0 Å². The topological polar surface area (TPSA) is 97.6 Å². The fourth-order valence-electron chi connectivity index (χ4n) is 2.89. The van der Waals surface area contributed by atoms with E-state index < -0.39 is 17.7 Å². The van der Waals surface area contributed by atoms with E-state index in [4.69, 9.17) is 4.74 Å². The molecular formula is C21H28N2O5. The van der Waals surface area contributed by atoms with Crippen molar-refractivity contribution in [3.63, 3.8) is 0 Å². The molecule has 7 heteroatoms. The average Bonchev–Trinajstić information content (AvgIpc) is 2.96. The Labute approximate surface area is 164 Å². The van der Waals surface area contributed by atoms with Gasteiger partial charge in [0.25, 0.3) is 0 Å². The monoisotopic (exact) mass is 388 g/mol. The molecule has 0 saturated carbocycles. The number of aliphatic hydroxyl groups excluding tert-OH is 1. The van der Waals surface area contributed by atoms with Crippen molar-refractivity contribution in [3.05, 3.63) is 36.0 Å². The molecule has 0 spiro atoms. The summed E-state index contributed by atoms with van der Waals surface area (Å²) in [5.41, 5.74) is 0.711. The van der Waals surface area contributed by atoms with Gasteiger partial charge in [0.05, 0.1) is 24.6 Å². The molecule has 2 N–H and O–H groups in total. The quantitative estimate of drug-likeness (QED) is 0.760. The standard InChI is InChI=1S/C21H28N2O5/c1-14(25)9-10-16(13-24)22-19(26)11-15-12-23(20(27)28-21(2,3)4)18-8-6-5-7-17(15)18/h5-8,12,16,24H,9-11,13H2,1-4H3,(H,22,26)/t16-/m0/s1. The lowest BCUT2D eigenvalue weighted by atomic mass is 10.1. The van der Waals surface area contributed by atoms with Gasteiger partial charge in [0.2, 0.25) is 5.91 Å². The Morgan fingerprint density at radius 3 is 2.50 bits per heavy atom. The number of aliphatic hydroxyl groups is 1. The molecule has 0 aliphatic heterocycles. The van der Waals surface area contributed by atoms with E-state index >= 15 is 0 Å². The largest absolute Gasteiger partial charge is 0.443 e. The SMILES string of the molecule is CC(=O)CC[C@@H](CO)NC(=O)Cc1cn(C(=O)OC(C)(C)C)c2ccccc12. The molecule has 0 radical (unpaired) electrons. The van der Waals surface area contributed by atoms with Gasteiger partial charge < -0.3 is 20.0 Å². The van der Waals surface area contributed by atoms with Gasteiger partial charge in [-0.2, -0.15) is 0 Å². The van der Waals surface area contributed by atoms with Crippen LogP contribution in [0.1, 0.15) is 46.1 Å². The van der Waals surface area contributed by atoms with E-state index in [-0.39, 0.29) is 24.7 Å². The normalized spacial score (nSPS) is 12.6. The van der Waals surface area contributed by atoms with E-state index in [0.717, 1.165) is 5.39 Å². The first-order valence-electron chi connectivity index (χ1n) is 9.32. The summed E-state index contributed by atoms with van der Waals surface area (Å²) in [4.78, 5) is 36.1. The van der Waals surface area contributed by atoms with Crippen molar-refractivity contribution in [2.24, 2.45) is 0 Å². The Morgan fingerprint density at radius 1 is 1.21 bits per heavy atom. The summed E-state index contributed by atoms with van der Waals surface area (Å²) in [5.74, 6) is -0.275. The molecule has 28 heavy (non-hydrogen) atoms. The number of aromatic nitrogens is 1. The molecule has 152 valence electrons. The van der Waals surface area contributed by atoms with Crippen LogP contribution in [0.25, 0.3) is 10.9 Å². The van der Waals surface area contributed by atoms with E-state index in [2.05, 4.69) is 5.32 Å². The Kier molecular flexibility index (Phi) is 6.96. The number of nitrogens with one attached hydrogen (secondary N) is 1. The van der Waals surface area contributed by atoms with Gasteiger partial charge in [0, 0.05) is 18.0 Å². The number of ketones is 1. The molecule has 0 aliphatic rings. The molecule has 1 atom stereocenters. The molecule has 7 nitrogen and oxygen atoms in total. The molecule has 0 fully saturated rings. The highest BCUT2D eigenvalue weighted by Crippen LogP contribution is 2.23. The molecule has 1 amide bonds. The second-order valence-electron chi connectivity index (χ2n) is 7.89. The van der Waals surface area contributed by atoms with Gasteiger partial charge in [-0.1, -0.05) is 18.2 Å². The van der Waals surface area contributed by atoms with Crippen molar-refractivity contribution in [3.8, 4) is 0 Å². The van der Waals surface area contributed by atoms with Crippen LogP contribution in [0.5, 0.6) is 0 Å². The van der Waals surface area contributed by atoms with E-state index in [1.807, 2.05) is 18.2 Å². The molecule has 0 bridgehead atoms. The highest BCUT2D eigenvalue weighted by atomic mass is 16.6. The molecule has 2 rings (SSSR count). The van der Waals surface area contributed by atoms with Crippen LogP contribution < -0.4 is 5.32 Å². The zero-order chi connectivity index (χ0) is 20.9. The van der Waals surface area contributed by atoms with Crippen LogP contribution in [0.4, 0.5) is 4.79 Å². The maximum atomic E-state index is 12.5. The minimum absolute atomic E-state index is 0.00753. The first kappa shape index (κ1) is 21.6. The number of carbonyl (C=O) groups excluding carboxylic acids is 3. The van der Waals surface area contributed by atoms with E-state index in [0.29, 0.717) is 23.9 Å². The van der Waals surface area contributed by atoms with Gasteiger partial charge in [0.1, 0.15) is 11.4 Å². The number of carbonyl (C=O) groups is 3. The molecule has 1 aromatic heterocycles. The van der Waals surface area contributed by atoms with Crippen molar-refractivity contribution in [1.29, 1.82) is 0 Å². The number of rotatable bonds is 7.